The second-order valence-electron chi connectivity index (χ2n) is 19.6. The fourth-order valence-corrected chi connectivity index (χ4v) is 9.88. The van der Waals surface area contributed by atoms with Gasteiger partial charge in [0.2, 0.25) is 17.7 Å². The molecule has 3 amide bonds. The van der Waals surface area contributed by atoms with Crippen LogP contribution in [0.3, 0.4) is 0 Å². The number of carbonyl (C=O) groups excluding carboxylic acids is 3. The molecule has 30 atom stereocenters. The molecule has 0 aromatic heterocycles. The maximum absolute atomic E-state index is 12.7. The highest BCUT2D eigenvalue weighted by molar-refractivity contribution is 7.80. The fourth-order valence-electron chi connectivity index (χ4n) is 9.57. The first kappa shape index (κ1) is 65.4. The SMILES string of the molecule is CC(=O)N[C@@H]1[C@@H](O[C@@H]2O[C@H](CO[C@@H]3O[C@H](CO)[C@@H](O)[C@H](O)[C@H]3NC(C)=O)[C@H](O)[C@H](O[C@@H]3O[C@H](CO)[C@H](O)[C@H](O)[C@H]3O)[C@H]2O[C@@H]2O[C@@H](C)[C@@H](O)[C@@H](O)[C@@H]2O)[C@@H](O)[C@@H](CO[C@@H]2O[C@H](COS(=O)(=O)O)[C@@H](O)[C@H](O)[C@H]2NC(C)=O)O[C@H]1O. The maximum Gasteiger partial charge on any atom is 0.397 e. The lowest BCUT2D eigenvalue weighted by atomic mass is 9.94. The molecule has 0 unspecified atom stereocenters. The molecule has 6 heterocycles. The van der Waals surface area contributed by atoms with E-state index in [1.54, 1.807) is 0 Å². The summed E-state index contributed by atoms with van der Waals surface area (Å²) in [5.41, 5.74) is 0. The summed E-state index contributed by atoms with van der Waals surface area (Å²) >= 11 is 0. The Balaban J connectivity index is 1.40. The van der Waals surface area contributed by atoms with Crippen molar-refractivity contribution < 1.29 is 160 Å². The number of amides is 3. The predicted octanol–water partition coefficient (Wildman–Crippen LogP) is -12.8. The Morgan fingerprint density at radius 3 is 1.30 bits per heavy atom. The first-order valence-electron chi connectivity index (χ1n) is 24.6. The Bertz CT molecular complexity index is 2110. The van der Waals surface area contributed by atoms with Gasteiger partial charge in [-0.15, -0.1) is 0 Å². The van der Waals surface area contributed by atoms with Gasteiger partial charge >= 0.3 is 10.4 Å². The summed E-state index contributed by atoms with van der Waals surface area (Å²) < 4.78 is 101. The van der Waals surface area contributed by atoms with Crippen LogP contribution in [0.1, 0.15) is 27.7 Å². The number of ether oxygens (including phenoxy) is 11. The molecule has 0 spiro atoms. The third-order valence-corrected chi connectivity index (χ3v) is 14.2. The van der Waals surface area contributed by atoms with E-state index in [0.717, 1.165) is 20.8 Å². The number of nitrogens with one attached hydrogen (secondary N) is 3. The molecule has 36 nitrogen and oxygen atoms in total. The van der Waals surface area contributed by atoms with Gasteiger partial charge in [-0.3, -0.25) is 18.9 Å². The average molecular weight is 1180 g/mol. The minimum absolute atomic E-state index is 0.773. The van der Waals surface area contributed by atoms with Crippen molar-refractivity contribution in [3.05, 3.63) is 0 Å². The van der Waals surface area contributed by atoms with Crippen molar-refractivity contribution >= 4 is 28.1 Å². The summed E-state index contributed by atoms with van der Waals surface area (Å²) in [7, 11) is -5.15. The molecular formula is C42H71N3O33S. The summed E-state index contributed by atoms with van der Waals surface area (Å²) in [4.78, 5) is 37.2. The number of rotatable bonds is 20. The van der Waals surface area contributed by atoms with Crippen molar-refractivity contribution in [2.24, 2.45) is 0 Å². The minimum Gasteiger partial charge on any atom is -0.394 e. The zero-order chi connectivity index (χ0) is 58.7. The second kappa shape index (κ2) is 27.8. The molecule has 6 fully saturated rings. The van der Waals surface area contributed by atoms with Gasteiger partial charge in [0.05, 0.1) is 39.1 Å². The molecular weight excluding hydrogens is 1110 g/mol. The van der Waals surface area contributed by atoms with Crippen LogP contribution in [-0.2, 0) is 81.1 Å². The van der Waals surface area contributed by atoms with Crippen molar-refractivity contribution in [3.63, 3.8) is 0 Å². The molecule has 79 heavy (non-hydrogen) atoms. The van der Waals surface area contributed by atoms with Gasteiger partial charge in [-0.25, -0.2) is 4.18 Å². The highest BCUT2D eigenvalue weighted by Crippen LogP contribution is 2.37. The molecule has 37 heteroatoms. The van der Waals surface area contributed by atoms with E-state index in [1.807, 2.05) is 0 Å². The quantitative estimate of drug-likeness (QED) is 0.0503. The molecule has 0 radical (unpaired) electrons. The van der Waals surface area contributed by atoms with Crippen LogP contribution in [-0.4, -0.2) is 324 Å². The molecule has 6 saturated heterocycles. The Morgan fingerprint density at radius 1 is 0.418 bits per heavy atom. The van der Waals surface area contributed by atoms with Crippen LogP contribution in [0, 0.1) is 0 Å². The van der Waals surface area contributed by atoms with Crippen LogP contribution in [0.5, 0.6) is 0 Å². The molecule has 6 aliphatic rings. The maximum atomic E-state index is 12.7. The van der Waals surface area contributed by atoms with Crippen LogP contribution in [0.25, 0.3) is 0 Å². The smallest absolute Gasteiger partial charge is 0.394 e. The van der Waals surface area contributed by atoms with E-state index in [0.29, 0.717) is 0 Å². The summed E-state index contributed by atoms with van der Waals surface area (Å²) in [5, 5.41) is 171. The topological polar surface area (TPSA) is 556 Å². The first-order valence-corrected chi connectivity index (χ1v) is 26.0. The van der Waals surface area contributed by atoms with Gasteiger partial charge in [0.1, 0.15) is 140 Å². The molecule has 19 N–H and O–H groups in total. The molecule has 0 aromatic carbocycles. The van der Waals surface area contributed by atoms with Gasteiger partial charge in [-0.1, -0.05) is 0 Å². The van der Waals surface area contributed by atoms with E-state index >= 15 is 0 Å². The van der Waals surface area contributed by atoms with Crippen LogP contribution < -0.4 is 16.0 Å². The van der Waals surface area contributed by atoms with E-state index in [2.05, 4.69) is 20.1 Å². The zero-order valence-electron chi connectivity index (χ0n) is 42.4. The van der Waals surface area contributed by atoms with Gasteiger partial charge in [-0.05, 0) is 6.92 Å². The Kier molecular flexibility index (Phi) is 23.0. The third kappa shape index (κ3) is 15.5. The Labute approximate surface area is 448 Å². The van der Waals surface area contributed by atoms with Crippen molar-refractivity contribution in [1.29, 1.82) is 0 Å². The Hall–Kier alpha value is -2.76. The summed E-state index contributed by atoms with van der Waals surface area (Å²) in [5.74, 6) is -2.50. The molecule has 0 saturated carbocycles. The summed E-state index contributed by atoms with van der Waals surface area (Å²) in [6.07, 6.45) is -53.4. The molecule has 0 aromatic rings. The largest absolute Gasteiger partial charge is 0.397 e. The van der Waals surface area contributed by atoms with E-state index in [4.69, 9.17) is 56.7 Å². The molecule has 6 aliphatic heterocycles. The van der Waals surface area contributed by atoms with E-state index in [9.17, 15) is 99.4 Å². The minimum atomic E-state index is -5.15. The van der Waals surface area contributed by atoms with Crippen molar-refractivity contribution in [3.8, 4) is 0 Å². The molecule has 6 rings (SSSR count). The number of aliphatic hydroxyl groups excluding tert-OH is 15. The van der Waals surface area contributed by atoms with Crippen molar-refractivity contribution in [2.75, 3.05) is 33.0 Å². The summed E-state index contributed by atoms with van der Waals surface area (Å²) in [6.45, 7) is -0.700. The van der Waals surface area contributed by atoms with E-state index in [1.165, 1.54) is 6.92 Å². The molecule has 0 aliphatic carbocycles. The van der Waals surface area contributed by atoms with Gasteiger partial charge in [0.25, 0.3) is 0 Å². The lowest BCUT2D eigenvalue weighted by molar-refractivity contribution is -0.403. The monoisotopic (exact) mass is 1180 g/mol. The van der Waals surface area contributed by atoms with Gasteiger partial charge in [0, 0.05) is 20.8 Å². The van der Waals surface area contributed by atoms with Crippen LogP contribution in [0.2, 0.25) is 0 Å². The normalized spacial score (nSPS) is 47.0. The van der Waals surface area contributed by atoms with Gasteiger partial charge in [0.15, 0.2) is 37.7 Å². The lowest BCUT2D eigenvalue weighted by Gasteiger charge is -2.51. The van der Waals surface area contributed by atoms with Crippen molar-refractivity contribution in [1.82, 2.24) is 16.0 Å². The number of hydrogen-bond acceptors (Lipinski definition) is 32. The van der Waals surface area contributed by atoms with Gasteiger partial charge in [-0.2, -0.15) is 8.42 Å². The van der Waals surface area contributed by atoms with Crippen LogP contribution >= 0.6 is 0 Å². The van der Waals surface area contributed by atoms with Gasteiger partial charge < -0.3 is 145 Å². The van der Waals surface area contributed by atoms with Crippen LogP contribution in [0.4, 0.5) is 0 Å². The third-order valence-electron chi connectivity index (χ3n) is 13.8. The standard InChI is InChI=1S/C42H71N3O33S/c1-10-22(51)30(59)32(61)40(70-10)78-36-35(77-41-33(62)31(60)24(53)15(6-47)73-41)27(56)17(8-68-38-19(43-11(2)48)28(57)23(52)14(5-46)72-38)75-42(36)76-34-21(45-13(4)50)37(63)71-16(26(34)55)7-67-39-20(44-12(3)49)29(58)25(54)18(74-39)9-69-79(64,65)66/h10,14-42,46-47,51-63H,5-9H2,1-4H3,(H,43,48)(H,44,49)(H,45,50)(H,64,65,66)/t10-,14+,15+,16+,17+,18+,19+,20+,21+,22+,23+,24-,25+,26-,27-,28+,29+,30+,31-,32-,33+,34+,35-,36+,37+,38+,39+,40-,41-,42-/m0/s1. The zero-order valence-corrected chi connectivity index (χ0v) is 43.2. The fraction of sp³-hybridized carbons (Fsp3) is 0.929. The number of hydrogen-bond donors (Lipinski definition) is 19. The molecule has 458 valence electrons. The lowest BCUT2D eigenvalue weighted by Crippen LogP contribution is -2.70. The number of carbonyl (C=O) groups is 3. The summed E-state index contributed by atoms with van der Waals surface area (Å²) in [6, 6.07) is -5.14. The van der Waals surface area contributed by atoms with E-state index < -0.39 is 245 Å². The second-order valence-corrected chi connectivity index (χ2v) is 20.6. The van der Waals surface area contributed by atoms with E-state index in [-0.39, 0.29) is 0 Å². The highest BCUT2D eigenvalue weighted by Gasteiger charge is 2.58. The number of aliphatic hydroxyl groups is 15. The first-order chi connectivity index (χ1) is 37.0. The van der Waals surface area contributed by atoms with Crippen molar-refractivity contribution in [2.45, 2.75) is 212 Å². The Morgan fingerprint density at radius 2 is 0.797 bits per heavy atom. The average Bonchev–Trinajstić information content (AvgIpc) is 3.47. The predicted molar refractivity (Wildman–Crippen MR) is 243 cm³/mol. The van der Waals surface area contributed by atoms with Crippen LogP contribution in [0.15, 0.2) is 0 Å². The molecule has 0 bridgehead atoms. The highest BCUT2D eigenvalue weighted by atomic mass is 32.3.